The summed E-state index contributed by atoms with van der Waals surface area (Å²) in [7, 11) is -1.48. The van der Waals surface area contributed by atoms with Crippen molar-refractivity contribution >= 4 is 10.0 Å². The smallest absolute Gasteiger partial charge is 0.227 e. The van der Waals surface area contributed by atoms with Gasteiger partial charge >= 0.3 is 0 Å². The second-order valence-electron chi connectivity index (χ2n) is 3.84. The Morgan fingerprint density at radius 2 is 2.33 bits per heavy atom. The Kier molecular flexibility index (Phi) is 4.51. The van der Waals surface area contributed by atoms with Gasteiger partial charge in [0.15, 0.2) is 5.75 Å². The maximum Gasteiger partial charge on any atom is 0.227 e. The zero-order chi connectivity index (χ0) is 11.3. The SMILES string of the molecule is CNCC1CCCN(S(=O)(=O)CC#N)C1. The van der Waals surface area contributed by atoms with Crippen molar-refractivity contribution in [2.24, 2.45) is 5.92 Å². The molecule has 1 N–H and O–H groups in total. The molecular weight excluding hydrogens is 214 g/mol. The Labute approximate surface area is 91.1 Å². The Morgan fingerprint density at radius 3 is 2.93 bits per heavy atom. The van der Waals surface area contributed by atoms with Crippen molar-refractivity contribution in [2.45, 2.75) is 12.8 Å². The van der Waals surface area contributed by atoms with Crippen LogP contribution in [0.1, 0.15) is 12.8 Å². The molecule has 0 spiro atoms. The van der Waals surface area contributed by atoms with Crippen LogP contribution in [0.25, 0.3) is 0 Å². The largest absolute Gasteiger partial charge is 0.319 e. The zero-order valence-electron chi connectivity index (χ0n) is 8.94. The van der Waals surface area contributed by atoms with Gasteiger partial charge in [0.1, 0.15) is 0 Å². The van der Waals surface area contributed by atoms with Gasteiger partial charge in [0.25, 0.3) is 0 Å². The van der Waals surface area contributed by atoms with E-state index in [4.69, 9.17) is 5.26 Å². The maximum absolute atomic E-state index is 11.6. The summed E-state index contributed by atoms with van der Waals surface area (Å²) in [5, 5.41) is 11.5. The first-order valence-electron chi connectivity index (χ1n) is 5.09. The van der Waals surface area contributed by atoms with E-state index in [0.717, 1.165) is 19.4 Å². The highest BCUT2D eigenvalue weighted by atomic mass is 32.2. The van der Waals surface area contributed by atoms with Crippen LogP contribution in [0.15, 0.2) is 0 Å². The average molecular weight is 231 g/mol. The summed E-state index contributed by atoms with van der Waals surface area (Å²) in [6, 6.07) is 1.71. The molecule has 0 amide bonds. The zero-order valence-corrected chi connectivity index (χ0v) is 9.76. The van der Waals surface area contributed by atoms with E-state index in [9.17, 15) is 8.42 Å². The minimum Gasteiger partial charge on any atom is -0.319 e. The fraction of sp³-hybridized carbons (Fsp3) is 0.889. The minimum atomic E-state index is -3.34. The average Bonchev–Trinajstić information content (AvgIpc) is 2.19. The number of nitrogens with zero attached hydrogens (tertiary/aromatic N) is 2. The number of nitrogens with one attached hydrogen (secondary N) is 1. The first-order valence-corrected chi connectivity index (χ1v) is 6.70. The van der Waals surface area contributed by atoms with Gasteiger partial charge in [-0.15, -0.1) is 0 Å². The summed E-state index contributed by atoms with van der Waals surface area (Å²) in [6.45, 7) is 1.94. The summed E-state index contributed by atoms with van der Waals surface area (Å²) in [5.74, 6) is -0.0311. The molecule has 1 aliphatic rings. The molecule has 0 aromatic rings. The van der Waals surface area contributed by atoms with Gasteiger partial charge in [-0.05, 0) is 32.4 Å². The van der Waals surface area contributed by atoms with Gasteiger partial charge in [-0.1, -0.05) is 0 Å². The second kappa shape index (κ2) is 5.45. The van der Waals surface area contributed by atoms with Gasteiger partial charge in [0.2, 0.25) is 10.0 Å². The van der Waals surface area contributed by atoms with Crippen LogP contribution in [-0.2, 0) is 10.0 Å². The van der Waals surface area contributed by atoms with Crippen molar-refractivity contribution in [1.29, 1.82) is 5.26 Å². The van der Waals surface area contributed by atoms with Crippen molar-refractivity contribution < 1.29 is 8.42 Å². The Balaban J connectivity index is 2.60. The number of rotatable bonds is 4. The van der Waals surface area contributed by atoms with E-state index in [1.54, 1.807) is 6.07 Å². The predicted molar refractivity (Wildman–Crippen MR) is 57.6 cm³/mol. The van der Waals surface area contributed by atoms with Crippen molar-refractivity contribution in [1.82, 2.24) is 9.62 Å². The lowest BCUT2D eigenvalue weighted by molar-refractivity contribution is 0.264. The van der Waals surface area contributed by atoms with Gasteiger partial charge in [0.05, 0.1) is 6.07 Å². The van der Waals surface area contributed by atoms with Crippen molar-refractivity contribution in [3.8, 4) is 6.07 Å². The fourth-order valence-electron chi connectivity index (χ4n) is 1.91. The number of hydrogen-bond acceptors (Lipinski definition) is 4. The van der Waals surface area contributed by atoms with E-state index in [1.807, 2.05) is 7.05 Å². The fourth-order valence-corrected chi connectivity index (χ4v) is 3.10. The number of hydrogen-bond donors (Lipinski definition) is 1. The molecule has 1 unspecified atom stereocenters. The van der Waals surface area contributed by atoms with Gasteiger partial charge in [-0.3, -0.25) is 0 Å². The summed E-state index contributed by atoms with van der Waals surface area (Å²) in [6.07, 6.45) is 1.94. The van der Waals surface area contributed by atoms with Gasteiger partial charge in [0, 0.05) is 13.1 Å². The van der Waals surface area contributed by atoms with Crippen LogP contribution >= 0.6 is 0 Å². The van der Waals surface area contributed by atoms with Crippen LogP contribution < -0.4 is 5.32 Å². The Morgan fingerprint density at radius 1 is 1.60 bits per heavy atom. The third kappa shape index (κ3) is 3.45. The molecule has 0 bridgehead atoms. The molecule has 6 heteroatoms. The molecule has 0 saturated carbocycles. The van der Waals surface area contributed by atoms with Crippen LogP contribution in [0.3, 0.4) is 0 Å². The molecule has 1 fully saturated rings. The molecule has 86 valence electrons. The van der Waals surface area contributed by atoms with E-state index in [2.05, 4.69) is 5.32 Å². The van der Waals surface area contributed by atoms with Crippen LogP contribution in [0.2, 0.25) is 0 Å². The van der Waals surface area contributed by atoms with Crippen molar-refractivity contribution in [3.63, 3.8) is 0 Å². The molecule has 0 aromatic carbocycles. The molecule has 1 rings (SSSR count). The number of piperidine rings is 1. The molecule has 1 saturated heterocycles. The van der Waals surface area contributed by atoms with Crippen LogP contribution in [0.5, 0.6) is 0 Å². The topological polar surface area (TPSA) is 73.2 Å². The quantitative estimate of drug-likeness (QED) is 0.725. The van der Waals surface area contributed by atoms with Gasteiger partial charge < -0.3 is 5.32 Å². The highest BCUT2D eigenvalue weighted by Crippen LogP contribution is 2.18. The highest BCUT2D eigenvalue weighted by molar-refractivity contribution is 7.89. The molecule has 1 aliphatic heterocycles. The van der Waals surface area contributed by atoms with E-state index in [0.29, 0.717) is 19.0 Å². The van der Waals surface area contributed by atoms with E-state index in [-0.39, 0.29) is 0 Å². The monoisotopic (exact) mass is 231 g/mol. The first-order chi connectivity index (χ1) is 7.10. The molecular formula is C9H17N3O2S. The normalized spacial score (nSPS) is 23.6. The first kappa shape index (κ1) is 12.4. The molecule has 1 atom stereocenters. The molecule has 0 radical (unpaired) electrons. The lowest BCUT2D eigenvalue weighted by atomic mass is 10.00. The maximum atomic E-state index is 11.6. The van der Waals surface area contributed by atoms with Crippen molar-refractivity contribution in [2.75, 3.05) is 32.4 Å². The third-order valence-corrected chi connectivity index (χ3v) is 4.23. The predicted octanol–water partition coefficient (Wildman–Crippen LogP) is -0.229. The number of nitriles is 1. The van der Waals surface area contributed by atoms with Gasteiger partial charge in [-0.25, -0.2) is 12.7 Å². The molecule has 1 heterocycles. The van der Waals surface area contributed by atoms with Crippen LogP contribution in [-0.4, -0.2) is 45.2 Å². The minimum absolute atomic E-state index is 0.372. The summed E-state index contributed by atoms with van der Waals surface area (Å²) in [4.78, 5) is 0. The highest BCUT2D eigenvalue weighted by Gasteiger charge is 2.28. The van der Waals surface area contributed by atoms with Crippen LogP contribution in [0, 0.1) is 17.2 Å². The summed E-state index contributed by atoms with van der Waals surface area (Å²) in [5.41, 5.74) is 0. The van der Waals surface area contributed by atoms with E-state index in [1.165, 1.54) is 4.31 Å². The summed E-state index contributed by atoms with van der Waals surface area (Å²) < 4.78 is 24.7. The molecule has 0 aromatic heterocycles. The van der Waals surface area contributed by atoms with Crippen LogP contribution in [0.4, 0.5) is 0 Å². The molecule has 15 heavy (non-hydrogen) atoms. The van der Waals surface area contributed by atoms with E-state index < -0.39 is 15.8 Å². The Hall–Kier alpha value is -0.640. The molecule has 5 nitrogen and oxygen atoms in total. The van der Waals surface area contributed by atoms with Gasteiger partial charge in [-0.2, -0.15) is 5.26 Å². The lowest BCUT2D eigenvalue weighted by Crippen LogP contribution is -2.43. The Bertz CT molecular complexity index is 332. The number of sulfonamides is 1. The summed E-state index contributed by atoms with van der Waals surface area (Å²) >= 11 is 0. The standard InChI is InChI=1S/C9H17N3O2S/c1-11-7-9-3-2-5-12(8-9)15(13,14)6-4-10/h9,11H,2-3,5-8H2,1H3. The van der Waals surface area contributed by atoms with Crippen molar-refractivity contribution in [3.05, 3.63) is 0 Å². The third-order valence-electron chi connectivity index (χ3n) is 2.61. The second-order valence-corrected chi connectivity index (χ2v) is 5.81. The van der Waals surface area contributed by atoms with E-state index >= 15 is 0 Å². The molecule has 0 aliphatic carbocycles. The lowest BCUT2D eigenvalue weighted by Gasteiger charge is -2.31.